The second kappa shape index (κ2) is 3.46. The first-order valence-corrected chi connectivity index (χ1v) is 5.07. The summed E-state index contributed by atoms with van der Waals surface area (Å²) in [6, 6.07) is 0. The van der Waals surface area contributed by atoms with E-state index in [0.717, 1.165) is 0 Å². The molecule has 0 aliphatic carbocycles. The van der Waals surface area contributed by atoms with Gasteiger partial charge in [0, 0.05) is 5.56 Å². The summed E-state index contributed by atoms with van der Waals surface area (Å²) in [5.74, 6) is -0.523. The fraction of sp³-hybridized carbons (Fsp3) is 0.125. The first-order chi connectivity index (χ1) is 6.54. The summed E-state index contributed by atoms with van der Waals surface area (Å²) < 4.78 is 4.77. The van der Waals surface area contributed by atoms with Crippen molar-refractivity contribution in [3.8, 4) is 0 Å². The molecule has 0 N–H and O–H groups in total. The molecule has 0 unspecified atom stereocenters. The van der Waals surface area contributed by atoms with Crippen LogP contribution in [0.15, 0.2) is 0 Å². The lowest BCUT2D eigenvalue weighted by atomic mass is 10.1. The van der Waals surface area contributed by atoms with Gasteiger partial charge in [0.2, 0.25) is 0 Å². The van der Waals surface area contributed by atoms with Crippen LogP contribution in [0.5, 0.6) is 0 Å². The Morgan fingerprint density at radius 1 is 0.929 bits per heavy atom. The van der Waals surface area contributed by atoms with Gasteiger partial charge >= 0.3 is 5.97 Å². The van der Waals surface area contributed by atoms with Crippen LogP contribution < -0.4 is 0 Å². The Hall–Kier alpha value is -0.150. The van der Waals surface area contributed by atoms with Crippen LogP contribution in [0.25, 0.3) is 0 Å². The minimum atomic E-state index is -0.523. The minimum absolute atomic E-state index is 0.0796. The number of ether oxygens (including phenoxy) is 1. The van der Waals surface area contributed by atoms with Crippen LogP contribution in [0.3, 0.4) is 0 Å². The standard InChI is InChI=1S/C8H2Cl4O2/c9-4-2-1-14-8(13)3(2)5(10)7(12)6(4)11/h1H2. The number of carbonyl (C=O) groups excluding carboxylic acids is 1. The number of halogens is 4. The molecule has 1 aromatic carbocycles. The Bertz CT molecular complexity index is 442. The average Bonchev–Trinajstić information content (AvgIpc) is 2.54. The van der Waals surface area contributed by atoms with Crippen LogP contribution in [-0.4, -0.2) is 5.97 Å². The Balaban J connectivity index is 2.84. The van der Waals surface area contributed by atoms with E-state index in [2.05, 4.69) is 0 Å². The van der Waals surface area contributed by atoms with Gasteiger partial charge in [-0.15, -0.1) is 0 Å². The smallest absolute Gasteiger partial charge is 0.340 e. The molecule has 2 nitrogen and oxygen atoms in total. The van der Waals surface area contributed by atoms with Crippen LogP contribution in [0.4, 0.5) is 0 Å². The van der Waals surface area contributed by atoms with E-state index in [1.807, 2.05) is 0 Å². The van der Waals surface area contributed by atoms with Gasteiger partial charge in [-0.3, -0.25) is 0 Å². The highest BCUT2D eigenvalue weighted by Gasteiger charge is 2.30. The zero-order valence-electron chi connectivity index (χ0n) is 6.54. The van der Waals surface area contributed by atoms with Gasteiger partial charge in [0.1, 0.15) is 6.61 Å². The Morgan fingerprint density at radius 2 is 1.50 bits per heavy atom. The number of hydrogen-bond acceptors (Lipinski definition) is 2. The SMILES string of the molecule is O=C1OCc2c(Cl)c(Cl)c(Cl)c(Cl)c21. The van der Waals surface area contributed by atoms with Gasteiger partial charge in [-0.1, -0.05) is 46.4 Å². The number of esters is 1. The summed E-state index contributed by atoms with van der Waals surface area (Å²) in [5, 5.41) is 0.548. The fourth-order valence-electron chi connectivity index (χ4n) is 1.24. The van der Waals surface area contributed by atoms with E-state index < -0.39 is 5.97 Å². The van der Waals surface area contributed by atoms with Crippen molar-refractivity contribution in [2.24, 2.45) is 0 Å². The molecule has 0 bridgehead atoms. The maximum absolute atomic E-state index is 11.2. The Kier molecular flexibility index (Phi) is 2.56. The minimum Gasteiger partial charge on any atom is -0.457 e. The topological polar surface area (TPSA) is 26.3 Å². The van der Waals surface area contributed by atoms with Crippen molar-refractivity contribution in [1.82, 2.24) is 0 Å². The number of carbonyl (C=O) groups is 1. The monoisotopic (exact) mass is 270 g/mol. The second-order valence-electron chi connectivity index (χ2n) is 2.69. The first-order valence-electron chi connectivity index (χ1n) is 3.56. The number of cyclic esters (lactones) is 1. The van der Waals surface area contributed by atoms with Crippen LogP contribution >= 0.6 is 46.4 Å². The van der Waals surface area contributed by atoms with Crippen molar-refractivity contribution >= 4 is 52.4 Å². The summed E-state index contributed by atoms with van der Waals surface area (Å²) in [6.45, 7) is 0.0869. The van der Waals surface area contributed by atoms with Gasteiger partial charge in [-0.2, -0.15) is 0 Å². The van der Waals surface area contributed by atoms with E-state index in [-0.39, 0.29) is 32.3 Å². The van der Waals surface area contributed by atoms with Crippen LogP contribution in [0, 0.1) is 0 Å². The lowest BCUT2D eigenvalue weighted by Gasteiger charge is -2.05. The van der Waals surface area contributed by atoms with E-state index in [1.54, 1.807) is 0 Å². The fourth-order valence-corrected chi connectivity index (χ4v) is 2.26. The second-order valence-corrected chi connectivity index (χ2v) is 4.20. The summed E-state index contributed by atoms with van der Waals surface area (Å²) in [7, 11) is 0. The maximum atomic E-state index is 11.2. The maximum Gasteiger partial charge on any atom is 0.340 e. The van der Waals surface area contributed by atoms with Crippen molar-refractivity contribution in [3.05, 3.63) is 31.2 Å². The third-order valence-electron chi connectivity index (χ3n) is 1.92. The molecular formula is C8H2Cl4O2. The van der Waals surface area contributed by atoms with Gasteiger partial charge in [0.25, 0.3) is 0 Å². The number of hydrogen-bond donors (Lipinski definition) is 0. The molecule has 1 aromatic rings. The van der Waals surface area contributed by atoms with Crippen molar-refractivity contribution in [2.75, 3.05) is 0 Å². The molecule has 0 saturated heterocycles. The molecule has 0 fully saturated rings. The molecule has 1 heterocycles. The largest absolute Gasteiger partial charge is 0.457 e. The number of fused-ring (bicyclic) bond motifs is 1. The molecule has 14 heavy (non-hydrogen) atoms. The summed E-state index contributed by atoms with van der Waals surface area (Å²) >= 11 is 23.3. The third kappa shape index (κ3) is 1.29. The predicted molar refractivity (Wildman–Crippen MR) is 55.6 cm³/mol. The molecule has 0 radical (unpaired) electrons. The molecule has 6 heteroatoms. The van der Waals surface area contributed by atoms with E-state index in [9.17, 15) is 4.79 Å². The molecule has 2 rings (SSSR count). The van der Waals surface area contributed by atoms with Gasteiger partial charge in [-0.25, -0.2) is 4.79 Å². The predicted octanol–water partition coefficient (Wildman–Crippen LogP) is 3.97. The number of benzene rings is 1. The summed E-state index contributed by atoms with van der Waals surface area (Å²) in [4.78, 5) is 11.2. The summed E-state index contributed by atoms with van der Waals surface area (Å²) in [6.07, 6.45) is 0. The van der Waals surface area contributed by atoms with Gasteiger partial charge in [0.15, 0.2) is 0 Å². The molecule has 0 atom stereocenters. The molecule has 74 valence electrons. The van der Waals surface area contributed by atoms with Crippen LogP contribution in [0.1, 0.15) is 15.9 Å². The third-order valence-corrected chi connectivity index (χ3v) is 3.76. The van der Waals surface area contributed by atoms with Gasteiger partial charge in [-0.05, 0) is 0 Å². The van der Waals surface area contributed by atoms with Crippen LogP contribution in [0.2, 0.25) is 20.1 Å². The van der Waals surface area contributed by atoms with E-state index >= 15 is 0 Å². The van der Waals surface area contributed by atoms with E-state index in [1.165, 1.54) is 0 Å². The zero-order valence-corrected chi connectivity index (χ0v) is 9.56. The first kappa shape index (κ1) is 10.4. The summed E-state index contributed by atoms with van der Waals surface area (Å²) in [5.41, 5.74) is 0.710. The molecule has 0 aromatic heterocycles. The lowest BCUT2D eigenvalue weighted by Crippen LogP contribution is -1.96. The lowest BCUT2D eigenvalue weighted by molar-refractivity contribution is 0.0535. The van der Waals surface area contributed by atoms with Crippen molar-refractivity contribution in [3.63, 3.8) is 0 Å². The zero-order chi connectivity index (χ0) is 10.5. The van der Waals surface area contributed by atoms with Crippen molar-refractivity contribution < 1.29 is 9.53 Å². The molecule has 1 aliphatic heterocycles. The average molecular weight is 272 g/mol. The number of rotatable bonds is 0. The highest BCUT2D eigenvalue weighted by atomic mass is 35.5. The van der Waals surface area contributed by atoms with Crippen molar-refractivity contribution in [2.45, 2.75) is 6.61 Å². The molecule has 0 amide bonds. The highest BCUT2D eigenvalue weighted by Crippen LogP contribution is 2.43. The molecule has 1 aliphatic rings. The normalized spacial score (nSPS) is 14.1. The van der Waals surface area contributed by atoms with Gasteiger partial charge in [0.05, 0.1) is 25.7 Å². The van der Waals surface area contributed by atoms with E-state index in [0.29, 0.717) is 5.56 Å². The quantitative estimate of drug-likeness (QED) is 0.405. The highest BCUT2D eigenvalue weighted by molar-refractivity contribution is 6.53. The van der Waals surface area contributed by atoms with Crippen LogP contribution in [-0.2, 0) is 11.3 Å². The molecule has 0 spiro atoms. The van der Waals surface area contributed by atoms with Crippen molar-refractivity contribution in [1.29, 1.82) is 0 Å². The molecule has 0 saturated carbocycles. The van der Waals surface area contributed by atoms with E-state index in [4.69, 9.17) is 51.1 Å². The Labute approximate surface area is 99.6 Å². The molecular weight excluding hydrogens is 270 g/mol. The Morgan fingerprint density at radius 3 is 2.14 bits per heavy atom. The van der Waals surface area contributed by atoms with Gasteiger partial charge < -0.3 is 4.74 Å².